The maximum Gasteiger partial charge on any atom is 0.328 e. The molecule has 0 heterocycles. The molecule has 10 heteroatoms. The first-order chi connectivity index (χ1) is 9.46. The quantitative estimate of drug-likeness (QED) is 0.227. The standard InChI is InChI=1S/C10H19N3O7/c1-2-12-20-7(5-15)9(17)11-3-8(16)13-6(4-14)10(18)19/h6-7,12,14-15H,2-5H2,1H3,(H,11,17)(H,13,16)(H,18,19). The van der Waals surface area contributed by atoms with Crippen LogP contribution >= 0.6 is 0 Å². The van der Waals surface area contributed by atoms with Crippen LogP contribution in [-0.2, 0) is 19.2 Å². The summed E-state index contributed by atoms with van der Waals surface area (Å²) in [6.07, 6.45) is -1.18. The summed E-state index contributed by atoms with van der Waals surface area (Å²) in [5.74, 6) is -2.92. The molecule has 0 aliphatic carbocycles. The van der Waals surface area contributed by atoms with E-state index < -0.39 is 49.7 Å². The highest BCUT2D eigenvalue weighted by Gasteiger charge is 2.21. The van der Waals surface area contributed by atoms with Crippen molar-refractivity contribution in [3.05, 3.63) is 0 Å². The van der Waals surface area contributed by atoms with Crippen LogP contribution in [0.1, 0.15) is 6.92 Å². The van der Waals surface area contributed by atoms with Crippen LogP contribution in [0.2, 0.25) is 0 Å². The number of carboxylic acid groups (broad SMARTS) is 1. The highest BCUT2D eigenvalue weighted by molar-refractivity contribution is 5.89. The molecular weight excluding hydrogens is 274 g/mol. The summed E-state index contributed by atoms with van der Waals surface area (Å²) in [5.41, 5.74) is 2.39. The lowest BCUT2D eigenvalue weighted by atomic mass is 10.3. The van der Waals surface area contributed by atoms with Gasteiger partial charge in [0.05, 0.1) is 19.8 Å². The molecule has 0 fully saturated rings. The van der Waals surface area contributed by atoms with E-state index in [9.17, 15) is 14.4 Å². The summed E-state index contributed by atoms with van der Waals surface area (Å²) < 4.78 is 0. The second-order valence-corrected chi connectivity index (χ2v) is 3.65. The molecule has 0 spiro atoms. The van der Waals surface area contributed by atoms with Gasteiger partial charge in [-0.05, 0) is 0 Å². The molecule has 0 aromatic rings. The topological polar surface area (TPSA) is 157 Å². The Kier molecular flexibility index (Phi) is 9.20. The molecule has 116 valence electrons. The third kappa shape index (κ3) is 6.99. The van der Waals surface area contributed by atoms with Crippen LogP contribution < -0.4 is 16.1 Å². The molecule has 0 saturated carbocycles. The minimum Gasteiger partial charge on any atom is -0.480 e. The third-order valence-electron chi connectivity index (χ3n) is 2.07. The fourth-order valence-corrected chi connectivity index (χ4v) is 1.07. The van der Waals surface area contributed by atoms with Crippen LogP contribution in [0.15, 0.2) is 0 Å². The van der Waals surface area contributed by atoms with E-state index in [4.69, 9.17) is 20.2 Å². The van der Waals surface area contributed by atoms with Gasteiger partial charge in [-0.2, -0.15) is 0 Å². The Hall–Kier alpha value is -1.75. The molecule has 0 aliphatic heterocycles. The Morgan fingerprint density at radius 3 is 2.30 bits per heavy atom. The zero-order valence-corrected chi connectivity index (χ0v) is 11.0. The van der Waals surface area contributed by atoms with Crippen molar-refractivity contribution >= 4 is 17.8 Å². The zero-order valence-electron chi connectivity index (χ0n) is 11.0. The molecule has 2 unspecified atom stereocenters. The van der Waals surface area contributed by atoms with Crippen molar-refractivity contribution in [3.8, 4) is 0 Å². The molecule has 0 aliphatic rings. The Balaban J connectivity index is 4.15. The van der Waals surface area contributed by atoms with E-state index in [1.54, 1.807) is 6.92 Å². The molecule has 6 N–H and O–H groups in total. The first kappa shape index (κ1) is 18.2. The van der Waals surface area contributed by atoms with Gasteiger partial charge in [-0.25, -0.2) is 10.3 Å². The fraction of sp³-hybridized carbons (Fsp3) is 0.700. The number of carbonyl (C=O) groups is 3. The molecule has 0 saturated heterocycles. The molecular formula is C10H19N3O7. The van der Waals surface area contributed by atoms with Crippen molar-refractivity contribution in [2.45, 2.75) is 19.1 Å². The largest absolute Gasteiger partial charge is 0.480 e. The van der Waals surface area contributed by atoms with Crippen LogP contribution in [0, 0.1) is 0 Å². The van der Waals surface area contributed by atoms with Crippen molar-refractivity contribution in [3.63, 3.8) is 0 Å². The minimum atomic E-state index is -1.44. The van der Waals surface area contributed by atoms with Crippen LogP contribution in [-0.4, -0.2) is 71.6 Å². The van der Waals surface area contributed by atoms with E-state index in [1.165, 1.54) is 0 Å². The molecule has 0 aromatic heterocycles. The average Bonchev–Trinajstić information content (AvgIpc) is 2.42. The Morgan fingerprint density at radius 1 is 1.20 bits per heavy atom. The number of hydrogen-bond acceptors (Lipinski definition) is 7. The van der Waals surface area contributed by atoms with Crippen LogP contribution in [0.5, 0.6) is 0 Å². The van der Waals surface area contributed by atoms with Gasteiger partial charge in [0.25, 0.3) is 5.91 Å². The van der Waals surface area contributed by atoms with E-state index in [-0.39, 0.29) is 0 Å². The van der Waals surface area contributed by atoms with Gasteiger partial charge in [0.2, 0.25) is 5.91 Å². The number of nitrogens with one attached hydrogen (secondary N) is 3. The fourth-order valence-electron chi connectivity index (χ4n) is 1.07. The normalized spacial score (nSPS) is 13.3. The highest BCUT2D eigenvalue weighted by Crippen LogP contribution is 1.88. The average molecular weight is 293 g/mol. The van der Waals surface area contributed by atoms with Gasteiger partial charge < -0.3 is 26.0 Å². The van der Waals surface area contributed by atoms with E-state index in [0.717, 1.165) is 0 Å². The van der Waals surface area contributed by atoms with Gasteiger partial charge in [0.15, 0.2) is 6.10 Å². The van der Waals surface area contributed by atoms with Crippen LogP contribution in [0.3, 0.4) is 0 Å². The summed E-state index contributed by atoms with van der Waals surface area (Å²) in [4.78, 5) is 38.2. The molecule has 0 aromatic carbocycles. The number of aliphatic carboxylic acids is 1. The molecule has 2 atom stereocenters. The van der Waals surface area contributed by atoms with Crippen LogP contribution in [0.4, 0.5) is 0 Å². The van der Waals surface area contributed by atoms with Gasteiger partial charge in [0.1, 0.15) is 6.04 Å². The van der Waals surface area contributed by atoms with Gasteiger partial charge in [-0.3, -0.25) is 14.4 Å². The number of hydrogen-bond donors (Lipinski definition) is 6. The van der Waals surface area contributed by atoms with E-state index in [2.05, 4.69) is 10.8 Å². The van der Waals surface area contributed by atoms with Gasteiger partial charge in [-0.1, -0.05) is 6.92 Å². The molecule has 10 nitrogen and oxygen atoms in total. The number of aliphatic hydroxyl groups is 2. The van der Waals surface area contributed by atoms with Gasteiger partial charge >= 0.3 is 5.97 Å². The third-order valence-corrected chi connectivity index (χ3v) is 2.07. The monoisotopic (exact) mass is 293 g/mol. The SMILES string of the molecule is CCNOC(CO)C(=O)NCC(=O)NC(CO)C(=O)O. The number of carbonyl (C=O) groups excluding carboxylic acids is 2. The number of aliphatic hydroxyl groups excluding tert-OH is 2. The van der Waals surface area contributed by atoms with Crippen molar-refractivity contribution in [2.75, 3.05) is 26.3 Å². The van der Waals surface area contributed by atoms with Crippen LogP contribution in [0.25, 0.3) is 0 Å². The number of carboxylic acids is 1. The van der Waals surface area contributed by atoms with E-state index in [0.29, 0.717) is 6.54 Å². The predicted octanol–water partition coefficient (Wildman–Crippen LogP) is -3.43. The Labute approximate surface area is 115 Å². The lowest BCUT2D eigenvalue weighted by molar-refractivity contribution is -0.144. The summed E-state index contributed by atoms with van der Waals surface area (Å²) in [6, 6.07) is -1.44. The lowest BCUT2D eigenvalue weighted by Gasteiger charge is -2.15. The molecule has 0 radical (unpaired) electrons. The molecule has 20 heavy (non-hydrogen) atoms. The number of rotatable bonds is 10. The summed E-state index contributed by atoms with van der Waals surface area (Å²) in [5, 5.41) is 30.4. The molecule has 0 bridgehead atoms. The van der Waals surface area contributed by atoms with Crippen molar-refractivity contribution < 1.29 is 34.5 Å². The van der Waals surface area contributed by atoms with E-state index >= 15 is 0 Å². The number of hydroxylamine groups is 1. The van der Waals surface area contributed by atoms with Crippen molar-refractivity contribution in [2.24, 2.45) is 0 Å². The highest BCUT2D eigenvalue weighted by atomic mass is 16.7. The Bertz CT molecular complexity index is 337. The first-order valence-electron chi connectivity index (χ1n) is 5.86. The van der Waals surface area contributed by atoms with Crippen molar-refractivity contribution in [1.29, 1.82) is 0 Å². The number of amides is 2. The minimum absolute atomic E-state index is 0.418. The van der Waals surface area contributed by atoms with Gasteiger partial charge in [0, 0.05) is 6.54 Å². The lowest BCUT2D eigenvalue weighted by Crippen LogP contribution is -2.49. The molecule has 2 amide bonds. The Morgan fingerprint density at radius 2 is 1.85 bits per heavy atom. The summed E-state index contributed by atoms with van der Waals surface area (Å²) in [6.45, 7) is 0.281. The maximum absolute atomic E-state index is 11.5. The van der Waals surface area contributed by atoms with Gasteiger partial charge in [-0.15, -0.1) is 0 Å². The molecule has 0 rings (SSSR count). The zero-order chi connectivity index (χ0) is 15.5. The summed E-state index contributed by atoms with van der Waals surface area (Å²) in [7, 11) is 0. The summed E-state index contributed by atoms with van der Waals surface area (Å²) >= 11 is 0. The second-order valence-electron chi connectivity index (χ2n) is 3.65. The van der Waals surface area contributed by atoms with E-state index in [1.807, 2.05) is 5.32 Å². The first-order valence-corrected chi connectivity index (χ1v) is 5.86. The van der Waals surface area contributed by atoms with Crippen molar-refractivity contribution in [1.82, 2.24) is 16.1 Å². The second kappa shape index (κ2) is 10.1. The maximum atomic E-state index is 11.5. The smallest absolute Gasteiger partial charge is 0.328 e. The predicted molar refractivity (Wildman–Crippen MR) is 65.3 cm³/mol.